The maximum absolute atomic E-state index is 11.9. The Morgan fingerprint density at radius 1 is 1.12 bits per heavy atom. The molecule has 1 saturated heterocycles. The molecule has 2 aliphatic rings. The Kier molecular flexibility index (Phi) is 5.54. The number of rotatable bonds is 5. The Labute approximate surface area is 153 Å². The van der Waals surface area contributed by atoms with Gasteiger partial charge in [0.25, 0.3) is 0 Å². The number of nitrogens with two attached hydrogens (primary N) is 1. The van der Waals surface area contributed by atoms with Crippen LogP contribution < -0.4 is 15.2 Å². The zero-order valence-corrected chi connectivity index (χ0v) is 15.3. The molecule has 0 aromatic heterocycles. The van der Waals surface area contributed by atoms with E-state index in [2.05, 4.69) is 0 Å². The lowest BCUT2D eigenvalue weighted by Gasteiger charge is -2.20. The van der Waals surface area contributed by atoms with Gasteiger partial charge in [-0.2, -0.15) is 0 Å². The van der Waals surface area contributed by atoms with E-state index in [1.807, 2.05) is 18.2 Å². The quantitative estimate of drug-likeness (QED) is 0.868. The molecule has 1 aromatic carbocycles. The van der Waals surface area contributed by atoms with Gasteiger partial charge in [0.1, 0.15) is 0 Å². The predicted octanol–water partition coefficient (Wildman–Crippen LogP) is 2.28. The molecule has 2 atom stereocenters. The number of likely N-dealkylation sites (tertiary alicyclic amines) is 1. The van der Waals surface area contributed by atoms with E-state index in [4.69, 9.17) is 19.9 Å². The van der Waals surface area contributed by atoms with Crippen LogP contribution in [-0.2, 0) is 9.53 Å². The van der Waals surface area contributed by atoms with Gasteiger partial charge in [0.05, 0.1) is 26.2 Å². The fraction of sp³-hybridized carbons (Fsp3) is 0.579. The fourth-order valence-electron chi connectivity index (χ4n) is 3.91. The van der Waals surface area contributed by atoms with Gasteiger partial charge >= 0.3 is 6.09 Å². The van der Waals surface area contributed by atoms with Crippen molar-refractivity contribution in [2.75, 3.05) is 27.3 Å². The van der Waals surface area contributed by atoms with Crippen LogP contribution in [0.4, 0.5) is 4.79 Å². The summed E-state index contributed by atoms with van der Waals surface area (Å²) in [6, 6.07) is 5.67. The number of ether oxygens (including phenoxy) is 3. The third-order valence-electron chi connectivity index (χ3n) is 5.33. The summed E-state index contributed by atoms with van der Waals surface area (Å²) in [4.78, 5) is 25.3. The molecule has 2 amide bonds. The summed E-state index contributed by atoms with van der Waals surface area (Å²) >= 11 is 0. The summed E-state index contributed by atoms with van der Waals surface area (Å²) in [5, 5.41) is 0. The van der Waals surface area contributed by atoms with Crippen LogP contribution in [0.2, 0.25) is 0 Å². The fourth-order valence-corrected chi connectivity index (χ4v) is 3.91. The Hall–Kier alpha value is -2.44. The molecule has 1 unspecified atom stereocenters. The highest BCUT2D eigenvalue weighted by atomic mass is 16.5. The van der Waals surface area contributed by atoms with Gasteiger partial charge in [-0.1, -0.05) is 6.07 Å². The maximum Gasteiger partial charge on any atom is 0.409 e. The van der Waals surface area contributed by atoms with E-state index in [9.17, 15) is 9.59 Å². The number of carbonyl (C=O) groups is 2. The van der Waals surface area contributed by atoms with Crippen LogP contribution >= 0.6 is 0 Å². The maximum atomic E-state index is 11.9. The second-order valence-corrected chi connectivity index (χ2v) is 6.92. The lowest BCUT2D eigenvalue weighted by atomic mass is 9.88. The van der Waals surface area contributed by atoms with Gasteiger partial charge in [0, 0.05) is 19.0 Å². The van der Waals surface area contributed by atoms with Crippen molar-refractivity contribution in [3.63, 3.8) is 0 Å². The van der Waals surface area contributed by atoms with Crippen molar-refractivity contribution >= 4 is 12.0 Å². The van der Waals surface area contributed by atoms with E-state index in [0.29, 0.717) is 18.0 Å². The Morgan fingerprint density at radius 3 is 2.46 bits per heavy atom. The Morgan fingerprint density at radius 2 is 1.85 bits per heavy atom. The molecular weight excluding hydrogens is 336 g/mol. The minimum Gasteiger partial charge on any atom is -0.493 e. The standard InChI is InChI=1S/C19H26N2O5/c1-24-16-8-7-12(9-17(16)26-13-5-3-4-6-13)14-10-21(19(23)25-2)11-15(14)18(20)22/h7-9,13-15H,3-6,10-11H2,1-2H3,(H2,20,22)/t14?,15-/m1/s1. The summed E-state index contributed by atoms with van der Waals surface area (Å²) in [6.07, 6.45) is 4.17. The first-order chi connectivity index (χ1) is 12.5. The molecular formula is C19H26N2O5. The molecule has 1 aromatic rings. The van der Waals surface area contributed by atoms with Crippen molar-refractivity contribution < 1.29 is 23.8 Å². The Balaban J connectivity index is 1.86. The summed E-state index contributed by atoms with van der Waals surface area (Å²) in [6.45, 7) is 0.646. The van der Waals surface area contributed by atoms with Gasteiger partial charge in [-0.15, -0.1) is 0 Å². The molecule has 0 radical (unpaired) electrons. The van der Waals surface area contributed by atoms with Gasteiger partial charge in [-0.3, -0.25) is 4.79 Å². The highest BCUT2D eigenvalue weighted by Gasteiger charge is 2.40. The first-order valence-electron chi connectivity index (χ1n) is 9.00. The van der Waals surface area contributed by atoms with Crippen LogP contribution in [-0.4, -0.2) is 50.3 Å². The van der Waals surface area contributed by atoms with Crippen LogP contribution in [0.3, 0.4) is 0 Å². The summed E-state index contributed by atoms with van der Waals surface area (Å²) in [5.41, 5.74) is 6.49. The summed E-state index contributed by atoms with van der Waals surface area (Å²) in [5.74, 6) is 0.275. The third-order valence-corrected chi connectivity index (χ3v) is 5.33. The molecule has 1 aliphatic heterocycles. The summed E-state index contributed by atoms with van der Waals surface area (Å²) in [7, 11) is 2.94. The van der Waals surface area contributed by atoms with Gasteiger partial charge in [-0.05, 0) is 43.4 Å². The second kappa shape index (κ2) is 7.85. The van der Waals surface area contributed by atoms with Gasteiger partial charge in [0.2, 0.25) is 5.91 Å². The highest BCUT2D eigenvalue weighted by molar-refractivity contribution is 5.80. The average Bonchev–Trinajstić information content (AvgIpc) is 3.30. The monoisotopic (exact) mass is 362 g/mol. The number of carbonyl (C=O) groups excluding carboxylic acids is 2. The number of benzene rings is 1. The van der Waals surface area contributed by atoms with E-state index in [-0.39, 0.29) is 18.6 Å². The van der Waals surface area contributed by atoms with Crippen LogP contribution in [0.5, 0.6) is 11.5 Å². The normalized spacial score (nSPS) is 23.1. The molecule has 142 valence electrons. The molecule has 2 fully saturated rings. The van der Waals surface area contributed by atoms with E-state index < -0.39 is 17.9 Å². The average molecular weight is 362 g/mol. The molecule has 1 saturated carbocycles. The van der Waals surface area contributed by atoms with Crippen LogP contribution in [0, 0.1) is 5.92 Å². The van der Waals surface area contributed by atoms with E-state index in [1.165, 1.54) is 24.9 Å². The number of amides is 2. The van der Waals surface area contributed by atoms with Crippen molar-refractivity contribution in [2.24, 2.45) is 11.7 Å². The molecule has 1 heterocycles. The SMILES string of the molecule is COC(=O)N1CC(c2ccc(OC)c(OC3CCCC3)c2)[C@H](C(N)=O)C1. The van der Waals surface area contributed by atoms with Crippen molar-refractivity contribution in [3.8, 4) is 11.5 Å². The van der Waals surface area contributed by atoms with Crippen molar-refractivity contribution in [1.82, 2.24) is 4.90 Å². The van der Waals surface area contributed by atoms with Gasteiger partial charge < -0.3 is 24.8 Å². The largest absolute Gasteiger partial charge is 0.493 e. The lowest BCUT2D eigenvalue weighted by Crippen LogP contribution is -2.31. The Bertz CT molecular complexity index is 672. The number of methoxy groups -OCH3 is 2. The van der Waals surface area contributed by atoms with E-state index >= 15 is 0 Å². The predicted molar refractivity (Wildman–Crippen MR) is 95.3 cm³/mol. The van der Waals surface area contributed by atoms with Crippen LogP contribution in [0.1, 0.15) is 37.2 Å². The molecule has 0 spiro atoms. The second-order valence-electron chi connectivity index (χ2n) is 6.92. The minimum atomic E-state index is -0.457. The van der Waals surface area contributed by atoms with E-state index in [0.717, 1.165) is 18.4 Å². The molecule has 7 heteroatoms. The number of primary amides is 1. The lowest BCUT2D eigenvalue weighted by molar-refractivity contribution is -0.121. The zero-order valence-electron chi connectivity index (χ0n) is 15.3. The topological polar surface area (TPSA) is 91.1 Å². The van der Waals surface area contributed by atoms with Crippen LogP contribution in [0.25, 0.3) is 0 Å². The van der Waals surface area contributed by atoms with Crippen LogP contribution in [0.15, 0.2) is 18.2 Å². The van der Waals surface area contributed by atoms with Gasteiger partial charge in [0.15, 0.2) is 11.5 Å². The molecule has 0 bridgehead atoms. The smallest absolute Gasteiger partial charge is 0.409 e. The van der Waals surface area contributed by atoms with Crippen molar-refractivity contribution in [3.05, 3.63) is 23.8 Å². The van der Waals surface area contributed by atoms with Crippen molar-refractivity contribution in [1.29, 1.82) is 0 Å². The molecule has 1 aliphatic carbocycles. The first kappa shape index (κ1) is 18.4. The molecule has 2 N–H and O–H groups in total. The summed E-state index contributed by atoms with van der Waals surface area (Å²) < 4.78 is 16.4. The van der Waals surface area contributed by atoms with Gasteiger partial charge in [-0.25, -0.2) is 4.79 Å². The minimum absolute atomic E-state index is 0.191. The molecule has 3 rings (SSSR count). The number of hydrogen-bond donors (Lipinski definition) is 1. The molecule has 26 heavy (non-hydrogen) atoms. The van der Waals surface area contributed by atoms with Crippen molar-refractivity contribution in [2.45, 2.75) is 37.7 Å². The number of nitrogens with zero attached hydrogens (tertiary/aromatic N) is 1. The third kappa shape index (κ3) is 3.71. The first-order valence-corrected chi connectivity index (χ1v) is 9.00. The highest BCUT2D eigenvalue weighted by Crippen LogP contribution is 2.38. The zero-order chi connectivity index (χ0) is 18.7. The van der Waals surface area contributed by atoms with E-state index in [1.54, 1.807) is 7.11 Å². The number of hydrogen-bond acceptors (Lipinski definition) is 5. The molecule has 7 nitrogen and oxygen atoms in total.